The molecule has 0 aliphatic rings. The first-order valence-electron chi connectivity index (χ1n) is 8.50. The molecule has 1 aromatic heterocycles. The maximum Gasteiger partial charge on any atom is 0.313 e. The van der Waals surface area contributed by atoms with Crippen LogP contribution in [0.25, 0.3) is 10.6 Å². The summed E-state index contributed by atoms with van der Waals surface area (Å²) < 4.78 is 26.7. The number of aromatic nitrogens is 1. The van der Waals surface area contributed by atoms with Gasteiger partial charge in [-0.3, -0.25) is 9.59 Å². The van der Waals surface area contributed by atoms with E-state index >= 15 is 0 Å². The van der Waals surface area contributed by atoms with Crippen LogP contribution in [0.4, 0.5) is 14.5 Å². The molecule has 8 heteroatoms. The highest BCUT2D eigenvalue weighted by Gasteiger charge is 2.16. The molecule has 0 radical (unpaired) electrons. The highest BCUT2D eigenvalue weighted by Crippen LogP contribution is 2.27. The summed E-state index contributed by atoms with van der Waals surface area (Å²) in [5.41, 5.74) is 1.50. The van der Waals surface area contributed by atoms with Crippen molar-refractivity contribution in [1.29, 1.82) is 0 Å². The third-order valence-electron chi connectivity index (χ3n) is 3.93. The van der Waals surface area contributed by atoms with E-state index in [0.29, 0.717) is 6.42 Å². The second kappa shape index (κ2) is 8.71. The molecule has 0 fully saturated rings. The molecule has 2 N–H and O–H groups in total. The maximum absolute atomic E-state index is 13.5. The van der Waals surface area contributed by atoms with E-state index in [0.717, 1.165) is 39.3 Å². The van der Waals surface area contributed by atoms with Crippen molar-refractivity contribution >= 4 is 28.8 Å². The van der Waals surface area contributed by atoms with Crippen LogP contribution in [0.2, 0.25) is 0 Å². The first-order valence-corrected chi connectivity index (χ1v) is 9.31. The molecule has 0 bridgehead atoms. The van der Waals surface area contributed by atoms with Crippen molar-refractivity contribution in [2.75, 3.05) is 11.9 Å². The van der Waals surface area contributed by atoms with Gasteiger partial charge in [0.05, 0.1) is 11.4 Å². The minimum Gasteiger partial charge on any atom is -0.347 e. The van der Waals surface area contributed by atoms with Gasteiger partial charge in [-0.15, -0.1) is 11.3 Å². The molecule has 3 aromatic rings. The Hall–Kier alpha value is -3.13. The molecular formula is C20H17F2N3O2S. The van der Waals surface area contributed by atoms with Crippen molar-refractivity contribution in [3.63, 3.8) is 0 Å². The lowest BCUT2D eigenvalue weighted by atomic mass is 10.2. The molecule has 1 heterocycles. The maximum atomic E-state index is 13.5. The Balaban J connectivity index is 1.55. The minimum absolute atomic E-state index is 0.217. The lowest BCUT2D eigenvalue weighted by molar-refractivity contribution is -0.136. The molecule has 2 aromatic carbocycles. The molecule has 2 amide bonds. The first kappa shape index (κ1) is 19.6. The highest BCUT2D eigenvalue weighted by atomic mass is 32.1. The van der Waals surface area contributed by atoms with Crippen LogP contribution < -0.4 is 10.6 Å². The largest absolute Gasteiger partial charge is 0.347 e. The molecule has 144 valence electrons. The number of aryl methyl sites for hydroxylation is 1. The molecule has 28 heavy (non-hydrogen) atoms. The van der Waals surface area contributed by atoms with Crippen LogP contribution in [0.3, 0.4) is 0 Å². The van der Waals surface area contributed by atoms with E-state index in [1.807, 2.05) is 37.3 Å². The molecule has 0 atom stereocenters. The van der Waals surface area contributed by atoms with E-state index in [9.17, 15) is 18.4 Å². The third kappa shape index (κ3) is 4.77. The summed E-state index contributed by atoms with van der Waals surface area (Å²) in [6, 6.07) is 12.4. The number of anilines is 1. The average Bonchev–Trinajstić information content (AvgIpc) is 3.06. The number of thiazole rings is 1. The van der Waals surface area contributed by atoms with Gasteiger partial charge in [0, 0.05) is 29.5 Å². The Morgan fingerprint density at radius 2 is 1.82 bits per heavy atom. The predicted octanol–water partition coefficient (Wildman–Crippen LogP) is 3.69. The van der Waals surface area contributed by atoms with Gasteiger partial charge >= 0.3 is 11.8 Å². The van der Waals surface area contributed by atoms with Gasteiger partial charge in [0.15, 0.2) is 0 Å². The first-order chi connectivity index (χ1) is 13.4. The zero-order chi connectivity index (χ0) is 20.1. The Morgan fingerprint density at radius 3 is 2.57 bits per heavy atom. The Labute approximate surface area is 164 Å². The number of carbonyl (C=O) groups excluding carboxylic acids is 2. The summed E-state index contributed by atoms with van der Waals surface area (Å²) in [6.45, 7) is 2.11. The molecule has 0 saturated heterocycles. The van der Waals surface area contributed by atoms with Gasteiger partial charge in [-0.1, -0.05) is 30.3 Å². The topological polar surface area (TPSA) is 71.1 Å². The fourth-order valence-corrected chi connectivity index (χ4v) is 3.57. The summed E-state index contributed by atoms with van der Waals surface area (Å²) in [5.74, 6) is -3.52. The smallest absolute Gasteiger partial charge is 0.313 e. The lowest BCUT2D eigenvalue weighted by Gasteiger charge is -2.07. The Morgan fingerprint density at radius 1 is 1.07 bits per heavy atom. The van der Waals surface area contributed by atoms with Crippen molar-refractivity contribution in [2.24, 2.45) is 0 Å². The molecular weight excluding hydrogens is 384 g/mol. The van der Waals surface area contributed by atoms with Crippen LogP contribution in [0.1, 0.15) is 10.6 Å². The van der Waals surface area contributed by atoms with E-state index in [4.69, 9.17) is 0 Å². The Bertz CT molecular complexity index is 1010. The molecule has 3 rings (SSSR count). The number of carbonyl (C=O) groups is 2. The van der Waals surface area contributed by atoms with E-state index in [-0.39, 0.29) is 12.2 Å². The van der Waals surface area contributed by atoms with Crippen LogP contribution in [0.5, 0.6) is 0 Å². The summed E-state index contributed by atoms with van der Waals surface area (Å²) >= 11 is 1.52. The lowest BCUT2D eigenvalue weighted by Crippen LogP contribution is -2.36. The number of nitrogens with zero attached hydrogens (tertiary/aromatic N) is 1. The van der Waals surface area contributed by atoms with E-state index in [1.54, 1.807) is 0 Å². The predicted molar refractivity (Wildman–Crippen MR) is 104 cm³/mol. The minimum atomic E-state index is -1.06. The third-order valence-corrected chi connectivity index (χ3v) is 5.20. The fourth-order valence-electron chi connectivity index (χ4n) is 2.51. The molecule has 0 saturated carbocycles. The van der Waals surface area contributed by atoms with Gasteiger partial charge in [-0.05, 0) is 19.1 Å². The van der Waals surface area contributed by atoms with Gasteiger partial charge < -0.3 is 10.6 Å². The summed E-state index contributed by atoms with van der Waals surface area (Å²) in [5, 5.41) is 5.42. The normalized spacial score (nSPS) is 10.5. The van der Waals surface area contributed by atoms with Crippen LogP contribution in [-0.2, 0) is 16.0 Å². The van der Waals surface area contributed by atoms with Crippen molar-refractivity contribution in [3.8, 4) is 10.6 Å². The SMILES string of the molecule is Cc1nc(-c2ccccc2)sc1CCNC(=O)C(=O)Nc1cc(F)ccc1F. The zero-order valence-electron chi connectivity index (χ0n) is 15.0. The zero-order valence-corrected chi connectivity index (χ0v) is 15.8. The Kier molecular flexibility index (Phi) is 6.10. The number of amides is 2. The number of benzene rings is 2. The van der Waals surface area contributed by atoms with Gasteiger partial charge in [-0.25, -0.2) is 13.8 Å². The van der Waals surface area contributed by atoms with Gasteiger partial charge in [0.2, 0.25) is 0 Å². The number of hydrogen-bond donors (Lipinski definition) is 2. The van der Waals surface area contributed by atoms with E-state index in [2.05, 4.69) is 15.6 Å². The number of halogens is 2. The summed E-state index contributed by atoms with van der Waals surface area (Å²) in [6.07, 6.45) is 0.504. The van der Waals surface area contributed by atoms with Crippen LogP contribution in [0, 0.1) is 18.6 Å². The average molecular weight is 401 g/mol. The van der Waals surface area contributed by atoms with Crippen LogP contribution in [-0.4, -0.2) is 23.3 Å². The molecule has 0 unspecified atom stereocenters. The van der Waals surface area contributed by atoms with Crippen molar-refractivity contribution in [1.82, 2.24) is 10.3 Å². The summed E-state index contributed by atoms with van der Waals surface area (Å²) in [4.78, 5) is 29.3. The van der Waals surface area contributed by atoms with Gasteiger partial charge in [0.1, 0.15) is 16.6 Å². The van der Waals surface area contributed by atoms with Crippen LogP contribution >= 0.6 is 11.3 Å². The molecule has 0 aliphatic heterocycles. The standard InChI is InChI=1S/C20H17F2N3O2S/c1-12-17(28-20(24-12)13-5-3-2-4-6-13)9-10-23-18(26)19(27)25-16-11-14(21)7-8-15(16)22/h2-8,11H,9-10H2,1H3,(H,23,26)(H,25,27). The number of nitrogens with one attached hydrogen (secondary N) is 2. The number of rotatable bonds is 5. The highest BCUT2D eigenvalue weighted by molar-refractivity contribution is 7.15. The molecule has 5 nitrogen and oxygen atoms in total. The van der Waals surface area contributed by atoms with Crippen LogP contribution in [0.15, 0.2) is 48.5 Å². The van der Waals surface area contributed by atoms with E-state index < -0.39 is 23.4 Å². The van der Waals surface area contributed by atoms with E-state index in [1.165, 1.54) is 11.3 Å². The number of hydrogen-bond acceptors (Lipinski definition) is 4. The second-order valence-corrected chi connectivity index (χ2v) is 7.06. The van der Waals surface area contributed by atoms with Gasteiger partial charge in [0.25, 0.3) is 0 Å². The van der Waals surface area contributed by atoms with Gasteiger partial charge in [-0.2, -0.15) is 0 Å². The van der Waals surface area contributed by atoms with Crippen molar-refractivity contribution < 1.29 is 18.4 Å². The van der Waals surface area contributed by atoms with Crippen molar-refractivity contribution in [2.45, 2.75) is 13.3 Å². The second-order valence-electron chi connectivity index (χ2n) is 5.98. The monoisotopic (exact) mass is 401 g/mol. The van der Waals surface area contributed by atoms with Crippen molar-refractivity contribution in [3.05, 3.63) is 70.7 Å². The fraction of sp³-hybridized carbons (Fsp3) is 0.150. The molecule has 0 aliphatic carbocycles. The molecule has 0 spiro atoms. The quantitative estimate of drug-likeness (QED) is 0.641. The summed E-state index contributed by atoms with van der Waals surface area (Å²) in [7, 11) is 0.